The molecular formula is C12H12N2O5. The van der Waals surface area contributed by atoms with Crippen LogP contribution in [0.3, 0.4) is 0 Å². The van der Waals surface area contributed by atoms with Gasteiger partial charge < -0.3 is 9.47 Å². The Morgan fingerprint density at radius 2 is 2.26 bits per heavy atom. The van der Waals surface area contributed by atoms with Gasteiger partial charge in [-0.2, -0.15) is 5.26 Å². The molecule has 0 bridgehead atoms. The van der Waals surface area contributed by atoms with Gasteiger partial charge in [-0.25, -0.2) is 4.79 Å². The second-order valence-corrected chi connectivity index (χ2v) is 3.54. The fourth-order valence-electron chi connectivity index (χ4n) is 1.36. The molecular weight excluding hydrogens is 252 g/mol. The van der Waals surface area contributed by atoms with E-state index >= 15 is 0 Å². The predicted octanol–water partition coefficient (Wildman–Crippen LogP) is 2.06. The van der Waals surface area contributed by atoms with Crippen LogP contribution >= 0.6 is 0 Å². The van der Waals surface area contributed by atoms with Crippen LogP contribution in [0, 0.1) is 21.4 Å². The highest BCUT2D eigenvalue weighted by molar-refractivity contribution is 5.93. The van der Waals surface area contributed by atoms with Gasteiger partial charge in [-0.05, 0) is 12.5 Å². The number of methoxy groups -OCH3 is 1. The molecule has 0 N–H and O–H groups in total. The second-order valence-electron chi connectivity index (χ2n) is 3.54. The van der Waals surface area contributed by atoms with Gasteiger partial charge in [-0.15, -0.1) is 0 Å². The summed E-state index contributed by atoms with van der Waals surface area (Å²) in [4.78, 5) is 21.8. The molecule has 0 heterocycles. The lowest BCUT2D eigenvalue weighted by Gasteiger charge is -2.08. The first kappa shape index (κ1) is 14.4. The minimum Gasteiger partial charge on any atom is -0.496 e. The van der Waals surface area contributed by atoms with Gasteiger partial charge in [-0.3, -0.25) is 10.1 Å². The van der Waals surface area contributed by atoms with Crippen LogP contribution in [0.25, 0.3) is 0 Å². The van der Waals surface area contributed by atoms with E-state index in [1.807, 2.05) is 6.07 Å². The zero-order chi connectivity index (χ0) is 14.3. The van der Waals surface area contributed by atoms with E-state index in [2.05, 4.69) is 0 Å². The Kier molecular flexibility index (Phi) is 5.29. The molecule has 0 fully saturated rings. The van der Waals surface area contributed by atoms with Crippen LogP contribution in [0.1, 0.15) is 23.2 Å². The number of carbonyl (C=O) groups excluding carboxylic acids is 1. The van der Waals surface area contributed by atoms with Crippen molar-refractivity contribution < 1.29 is 19.2 Å². The number of carbonyl (C=O) groups is 1. The summed E-state index contributed by atoms with van der Waals surface area (Å²) in [6, 6.07) is 5.60. The van der Waals surface area contributed by atoms with Crippen molar-refractivity contribution in [3.8, 4) is 11.8 Å². The van der Waals surface area contributed by atoms with Crippen molar-refractivity contribution in [2.24, 2.45) is 0 Å². The molecule has 1 rings (SSSR count). The van der Waals surface area contributed by atoms with E-state index in [0.717, 1.165) is 6.07 Å². The highest BCUT2D eigenvalue weighted by Gasteiger charge is 2.18. The van der Waals surface area contributed by atoms with Crippen molar-refractivity contribution in [2.75, 3.05) is 13.7 Å². The van der Waals surface area contributed by atoms with Crippen molar-refractivity contribution >= 4 is 11.7 Å². The summed E-state index contributed by atoms with van der Waals surface area (Å²) in [7, 11) is 1.35. The molecule has 0 saturated carbocycles. The Balaban J connectivity index is 2.84. The summed E-state index contributed by atoms with van der Waals surface area (Å²) in [6.45, 7) is 0.0816. The monoisotopic (exact) mass is 264 g/mol. The Hall–Kier alpha value is -2.62. The maximum absolute atomic E-state index is 11.8. The number of non-ortho nitro benzene ring substituents is 1. The van der Waals surface area contributed by atoms with Gasteiger partial charge in [0.15, 0.2) is 0 Å². The van der Waals surface area contributed by atoms with Crippen LogP contribution in [0.15, 0.2) is 18.2 Å². The van der Waals surface area contributed by atoms with E-state index in [-0.39, 0.29) is 30.0 Å². The minimum absolute atomic E-state index is 0.00587. The van der Waals surface area contributed by atoms with Crippen molar-refractivity contribution in [3.63, 3.8) is 0 Å². The summed E-state index contributed by atoms with van der Waals surface area (Å²) in [5.41, 5.74) is -0.224. The van der Waals surface area contributed by atoms with Gasteiger partial charge in [0, 0.05) is 18.6 Å². The van der Waals surface area contributed by atoms with E-state index in [0.29, 0.717) is 6.42 Å². The highest BCUT2D eigenvalue weighted by Crippen LogP contribution is 2.24. The molecule has 100 valence electrons. The number of ether oxygens (including phenoxy) is 2. The highest BCUT2D eigenvalue weighted by atomic mass is 16.6. The smallest absolute Gasteiger partial charge is 0.342 e. The molecule has 1 aromatic carbocycles. The number of hydrogen-bond donors (Lipinski definition) is 0. The van der Waals surface area contributed by atoms with Gasteiger partial charge >= 0.3 is 5.97 Å². The summed E-state index contributed by atoms with van der Waals surface area (Å²) < 4.78 is 9.87. The Morgan fingerprint density at radius 3 is 2.84 bits per heavy atom. The Morgan fingerprint density at radius 1 is 1.53 bits per heavy atom. The molecule has 0 radical (unpaired) electrons. The van der Waals surface area contributed by atoms with Gasteiger partial charge in [-0.1, -0.05) is 0 Å². The topological polar surface area (TPSA) is 102 Å². The lowest BCUT2D eigenvalue weighted by Crippen LogP contribution is -2.08. The number of unbranched alkanes of at least 4 members (excludes halogenated alkanes) is 1. The van der Waals surface area contributed by atoms with Crippen molar-refractivity contribution in [1.29, 1.82) is 5.26 Å². The summed E-state index contributed by atoms with van der Waals surface area (Å²) >= 11 is 0. The molecule has 0 aliphatic rings. The zero-order valence-electron chi connectivity index (χ0n) is 10.3. The van der Waals surface area contributed by atoms with Crippen LogP contribution in [0.4, 0.5) is 5.69 Å². The molecule has 0 spiro atoms. The maximum atomic E-state index is 11.8. The molecule has 0 aliphatic carbocycles. The van der Waals surface area contributed by atoms with E-state index in [1.165, 1.54) is 19.2 Å². The zero-order valence-corrected chi connectivity index (χ0v) is 10.3. The average molecular weight is 264 g/mol. The average Bonchev–Trinajstić information content (AvgIpc) is 2.42. The van der Waals surface area contributed by atoms with Crippen LogP contribution in [-0.2, 0) is 4.74 Å². The molecule has 19 heavy (non-hydrogen) atoms. The summed E-state index contributed by atoms with van der Waals surface area (Å²) in [5.74, 6) is -0.505. The second kappa shape index (κ2) is 6.96. The lowest BCUT2D eigenvalue weighted by atomic mass is 10.2. The van der Waals surface area contributed by atoms with E-state index < -0.39 is 10.9 Å². The van der Waals surface area contributed by atoms with Crippen LogP contribution in [0.5, 0.6) is 5.75 Å². The fraction of sp³-hybridized carbons (Fsp3) is 0.333. The third kappa shape index (κ3) is 3.96. The number of benzene rings is 1. The first-order chi connectivity index (χ1) is 9.10. The quantitative estimate of drug-likeness (QED) is 0.337. The maximum Gasteiger partial charge on any atom is 0.342 e. The van der Waals surface area contributed by atoms with E-state index in [9.17, 15) is 14.9 Å². The van der Waals surface area contributed by atoms with E-state index in [4.69, 9.17) is 14.7 Å². The molecule has 7 nitrogen and oxygen atoms in total. The molecule has 7 heteroatoms. The van der Waals surface area contributed by atoms with Crippen LogP contribution in [-0.4, -0.2) is 24.6 Å². The predicted molar refractivity (Wildman–Crippen MR) is 64.8 cm³/mol. The molecule has 0 unspecified atom stereocenters. The van der Waals surface area contributed by atoms with Crippen molar-refractivity contribution in [3.05, 3.63) is 33.9 Å². The number of nitro benzene ring substituents is 1. The van der Waals surface area contributed by atoms with Crippen LogP contribution < -0.4 is 4.74 Å². The SMILES string of the molecule is COc1ccc([N+](=O)[O-])cc1C(=O)OCCCC#N. The minimum atomic E-state index is -0.710. The standard InChI is InChI=1S/C12H12N2O5/c1-18-11-5-4-9(14(16)17)8-10(11)12(15)19-7-3-2-6-13/h4-5,8H,2-3,7H2,1H3. The molecule has 0 amide bonds. The molecule has 0 saturated heterocycles. The first-order valence-corrected chi connectivity index (χ1v) is 5.46. The number of nitriles is 1. The number of nitrogens with zero attached hydrogens (tertiary/aromatic N) is 2. The Labute approximate surface area is 109 Å². The lowest BCUT2D eigenvalue weighted by molar-refractivity contribution is -0.384. The number of hydrogen-bond acceptors (Lipinski definition) is 6. The molecule has 0 atom stereocenters. The van der Waals surface area contributed by atoms with Gasteiger partial charge in [0.25, 0.3) is 5.69 Å². The molecule has 0 aromatic heterocycles. The third-order valence-electron chi connectivity index (χ3n) is 2.28. The number of nitro groups is 1. The van der Waals surface area contributed by atoms with Gasteiger partial charge in [0.1, 0.15) is 11.3 Å². The Bertz CT molecular complexity index is 521. The van der Waals surface area contributed by atoms with Gasteiger partial charge in [0.05, 0.1) is 24.7 Å². The van der Waals surface area contributed by atoms with Crippen molar-refractivity contribution in [2.45, 2.75) is 12.8 Å². The van der Waals surface area contributed by atoms with E-state index in [1.54, 1.807) is 0 Å². The summed E-state index contributed by atoms with van der Waals surface area (Å²) in [6.07, 6.45) is 0.693. The molecule has 1 aromatic rings. The van der Waals surface area contributed by atoms with Crippen molar-refractivity contribution in [1.82, 2.24) is 0 Å². The number of rotatable bonds is 6. The normalized spacial score (nSPS) is 9.47. The first-order valence-electron chi connectivity index (χ1n) is 5.46. The fourth-order valence-corrected chi connectivity index (χ4v) is 1.36. The molecule has 0 aliphatic heterocycles. The largest absolute Gasteiger partial charge is 0.496 e. The van der Waals surface area contributed by atoms with Gasteiger partial charge in [0.2, 0.25) is 0 Å². The van der Waals surface area contributed by atoms with Crippen LogP contribution in [0.2, 0.25) is 0 Å². The third-order valence-corrected chi connectivity index (χ3v) is 2.28. The number of esters is 1. The summed E-state index contributed by atoms with van der Waals surface area (Å²) in [5, 5.41) is 19.0.